The zero-order valence-electron chi connectivity index (χ0n) is 7.87. The van der Waals surface area contributed by atoms with Gasteiger partial charge in [-0.25, -0.2) is 4.39 Å². The van der Waals surface area contributed by atoms with Gasteiger partial charge in [0.05, 0.1) is 0 Å². The first-order valence-electron chi connectivity index (χ1n) is 4.58. The second-order valence-electron chi connectivity index (χ2n) is 3.15. The second-order valence-corrected chi connectivity index (χ2v) is 3.15. The topological polar surface area (TPSA) is 37.3 Å². The number of rotatable bonds is 5. The Morgan fingerprint density at radius 1 is 1.29 bits per heavy atom. The third-order valence-electron chi connectivity index (χ3n) is 2.10. The molecule has 0 bridgehead atoms. The molecule has 1 N–H and O–H groups in total. The summed E-state index contributed by atoms with van der Waals surface area (Å²) in [6, 6.07) is 7.21. The van der Waals surface area contributed by atoms with E-state index in [4.69, 9.17) is 5.11 Å². The molecule has 1 rings (SSSR count). The Morgan fingerprint density at radius 3 is 2.50 bits per heavy atom. The quantitative estimate of drug-likeness (QED) is 0.785. The van der Waals surface area contributed by atoms with Crippen LogP contribution in [0.3, 0.4) is 0 Å². The lowest BCUT2D eigenvalue weighted by atomic mass is 10.0. The van der Waals surface area contributed by atoms with Crippen LogP contribution in [0, 0.1) is 0 Å². The van der Waals surface area contributed by atoms with Crippen molar-refractivity contribution in [3.63, 3.8) is 0 Å². The maximum Gasteiger partial charge on any atom is 0.303 e. The molecule has 0 unspecified atom stereocenters. The van der Waals surface area contributed by atoms with Crippen LogP contribution >= 0.6 is 0 Å². The van der Waals surface area contributed by atoms with Crippen molar-refractivity contribution >= 4 is 5.97 Å². The molecule has 0 aliphatic carbocycles. The Labute approximate surface area is 82.4 Å². The van der Waals surface area contributed by atoms with Gasteiger partial charge >= 0.3 is 5.97 Å². The van der Waals surface area contributed by atoms with Crippen LogP contribution in [-0.4, -0.2) is 11.1 Å². The highest BCUT2D eigenvalue weighted by Crippen LogP contribution is 2.13. The van der Waals surface area contributed by atoms with Crippen LogP contribution in [0.2, 0.25) is 0 Å². The van der Waals surface area contributed by atoms with Gasteiger partial charge in [-0.05, 0) is 24.0 Å². The van der Waals surface area contributed by atoms with Crippen LogP contribution in [-0.2, 0) is 17.9 Å². The van der Waals surface area contributed by atoms with Crippen LogP contribution in [0.25, 0.3) is 0 Å². The van der Waals surface area contributed by atoms with Crippen molar-refractivity contribution in [2.75, 3.05) is 0 Å². The molecule has 0 aliphatic rings. The van der Waals surface area contributed by atoms with E-state index in [9.17, 15) is 9.18 Å². The third-order valence-corrected chi connectivity index (χ3v) is 2.10. The van der Waals surface area contributed by atoms with Crippen LogP contribution in [0.5, 0.6) is 0 Å². The van der Waals surface area contributed by atoms with Crippen LogP contribution in [0.15, 0.2) is 24.3 Å². The molecule has 0 saturated heterocycles. The normalized spacial score (nSPS) is 10.1. The molecule has 0 aliphatic heterocycles. The van der Waals surface area contributed by atoms with Gasteiger partial charge in [-0.1, -0.05) is 24.3 Å². The van der Waals surface area contributed by atoms with E-state index in [-0.39, 0.29) is 6.42 Å². The number of carboxylic acid groups (broad SMARTS) is 1. The van der Waals surface area contributed by atoms with E-state index >= 15 is 0 Å². The van der Waals surface area contributed by atoms with E-state index in [0.29, 0.717) is 18.4 Å². The first kappa shape index (κ1) is 10.7. The van der Waals surface area contributed by atoms with Gasteiger partial charge in [0, 0.05) is 6.42 Å². The summed E-state index contributed by atoms with van der Waals surface area (Å²) < 4.78 is 12.5. The number of hydrogen-bond acceptors (Lipinski definition) is 1. The van der Waals surface area contributed by atoms with Gasteiger partial charge in [0.15, 0.2) is 0 Å². The van der Waals surface area contributed by atoms with Gasteiger partial charge in [0.1, 0.15) is 6.67 Å². The zero-order chi connectivity index (χ0) is 10.4. The fourth-order valence-corrected chi connectivity index (χ4v) is 1.36. The predicted molar refractivity (Wildman–Crippen MR) is 51.8 cm³/mol. The largest absolute Gasteiger partial charge is 0.481 e. The molecule has 0 aromatic heterocycles. The molecule has 0 fully saturated rings. The fourth-order valence-electron chi connectivity index (χ4n) is 1.36. The second kappa shape index (κ2) is 5.37. The maximum absolute atomic E-state index is 12.5. The van der Waals surface area contributed by atoms with E-state index in [1.807, 2.05) is 12.1 Å². The monoisotopic (exact) mass is 196 g/mol. The lowest BCUT2D eigenvalue weighted by Crippen LogP contribution is -1.97. The number of carbonyl (C=O) groups is 1. The van der Waals surface area contributed by atoms with Crippen molar-refractivity contribution in [2.24, 2.45) is 0 Å². The Balaban J connectivity index is 2.53. The first-order chi connectivity index (χ1) is 6.74. The molecule has 0 spiro atoms. The van der Waals surface area contributed by atoms with E-state index in [1.54, 1.807) is 12.1 Å². The van der Waals surface area contributed by atoms with Crippen molar-refractivity contribution in [1.82, 2.24) is 0 Å². The molecule has 0 amide bonds. The number of halogens is 1. The van der Waals surface area contributed by atoms with Crippen LogP contribution in [0.4, 0.5) is 4.39 Å². The number of aliphatic carboxylic acids is 1. The minimum absolute atomic E-state index is 0.140. The minimum Gasteiger partial charge on any atom is -0.481 e. The highest BCUT2D eigenvalue weighted by Gasteiger charge is 2.02. The van der Waals surface area contributed by atoms with Gasteiger partial charge in [-0.15, -0.1) is 0 Å². The van der Waals surface area contributed by atoms with Gasteiger partial charge in [0.25, 0.3) is 0 Å². The standard InChI is InChI=1S/C11H13FO2/c12-8-10-5-2-1-4-9(10)6-3-7-11(13)14/h1-2,4-5H,3,6-8H2,(H,13,14). The molecule has 1 aromatic rings. The average Bonchev–Trinajstić information content (AvgIpc) is 2.18. The number of aryl methyl sites for hydroxylation is 1. The SMILES string of the molecule is O=C(O)CCCc1ccccc1CF. The molecule has 0 atom stereocenters. The predicted octanol–water partition coefficient (Wildman–Crippen LogP) is 2.56. The number of benzene rings is 1. The Morgan fingerprint density at radius 2 is 1.93 bits per heavy atom. The fraction of sp³-hybridized carbons (Fsp3) is 0.364. The molecule has 76 valence electrons. The maximum atomic E-state index is 12.5. The summed E-state index contributed by atoms with van der Waals surface area (Å²) in [5.74, 6) is -0.803. The van der Waals surface area contributed by atoms with Crippen molar-refractivity contribution in [1.29, 1.82) is 0 Å². The summed E-state index contributed by atoms with van der Waals surface area (Å²) in [5.41, 5.74) is 1.58. The minimum atomic E-state index is -0.803. The van der Waals surface area contributed by atoms with Crippen molar-refractivity contribution in [2.45, 2.75) is 25.9 Å². The van der Waals surface area contributed by atoms with Crippen molar-refractivity contribution < 1.29 is 14.3 Å². The first-order valence-corrected chi connectivity index (χ1v) is 4.58. The Hall–Kier alpha value is -1.38. The summed E-state index contributed by atoms with van der Waals surface area (Å²) in [5, 5.41) is 8.44. The van der Waals surface area contributed by atoms with E-state index in [2.05, 4.69) is 0 Å². The summed E-state index contributed by atoms with van der Waals surface area (Å²) in [7, 11) is 0. The van der Waals surface area contributed by atoms with E-state index < -0.39 is 12.6 Å². The molecular formula is C11H13FO2. The summed E-state index contributed by atoms with van der Waals surface area (Å²) >= 11 is 0. The molecular weight excluding hydrogens is 183 g/mol. The van der Waals surface area contributed by atoms with Crippen LogP contribution < -0.4 is 0 Å². The highest BCUT2D eigenvalue weighted by atomic mass is 19.1. The average molecular weight is 196 g/mol. The highest BCUT2D eigenvalue weighted by molar-refractivity contribution is 5.66. The van der Waals surface area contributed by atoms with Crippen molar-refractivity contribution in [3.8, 4) is 0 Å². The van der Waals surface area contributed by atoms with E-state index in [0.717, 1.165) is 5.56 Å². The summed E-state index contributed by atoms with van der Waals surface area (Å²) in [4.78, 5) is 10.3. The van der Waals surface area contributed by atoms with Gasteiger partial charge in [-0.3, -0.25) is 4.79 Å². The molecule has 14 heavy (non-hydrogen) atoms. The molecule has 0 heterocycles. The molecule has 1 aromatic carbocycles. The smallest absolute Gasteiger partial charge is 0.303 e. The van der Waals surface area contributed by atoms with Gasteiger partial charge in [0.2, 0.25) is 0 Å². The van der Waals surface area contributed by atoms with E-state index in [1.165, 1.54) is 0 Å². The molecule has 0 radical (unpaired) electrons. The Bertz CT molecular complexity index is 310. The number of carboxylic acids is 1. The zero-order valence-corrected chi connectivity index (χ0v) is 7.87. The van der Waals surface area contributed by atoms with Crippen LogP contribution in [0.1, 0.15) is 24.0 Å². The number of hydrogen-bond donors (Lipinski definition) is 1. The van der Waals surface area contributed by atoms with Crippen molar-refractivity contribution in [3.05, 3.63) is 35.4 Å². The van der Waals surface area contributed by atoms with Gasteiger partial charge in [-0.2, -0.15) is 0 Å². The lowest BCUT2D eigenvalue weighted by Gasteiger charge is -2.04. The van der Waals surface area contributed by atoms with Gasteiger partial charge < -0.3 is 5.11 Å². The third kappa shape index (κ3) is 3.17. The lowest BCUT2D eigenvalue weighted by molar-refractivity contribution is -0.137. The summed E-state index contributed by atoms with van der Waals surface area (Å²) in [6.45, 7) is -0.483. The molecule has 0 saturated carbocycles. The molecule has 2 nitrogen and oxygen atoms in total. The molecule has 3 heteroatoms. The Kier molecular flexibility index (Phi) is 4.11. The summed E-state index contributed by atoms with van der Waals surface area (Å²) in [6.07, 6.45) is 1.33. The number of alkyl halides is 1.